The lowest BCUT2D eigenvalue weighted by Gasteiger charge is -2.08. The molecule has 0 unspecified atom stereocenters. The van der Waals surface area contributed by atoms with E-state index in [0.29, 0.717) is 5.75 Å². The fourth-order valence-electron chi connectivity index (χ4n) is 1.00. The highest BCUT2D eigenvalue weighted by Gasteiger charge is 2.18. The zero-order chi connectivity index (χ0) is 12.1. The van der Waals surface area contributed by atoms with Gasteiger partial charge in [0.15, 0.2) is 0 Å². The van der Waals surface area contributed by atoms with E-state index in [9.17, 15) is 10.1 Å². The number of benzene rings is 1. The molecule has 0 bridgehead atoms. The minimum atomic E-state index is -0.537. The highest BCUT2D eigenvalue weighted by Crippen LogP contribution is 2.34. The van der Waals surface area contributed by atoms with Crippen LogP contribution in [-0.4, -0.2) is 17.3 Å². The summed E-state index contributed by atoms with van der Waals surface area (Å²) in [7, 11) is 0. The fourth-order valence-corrected chi connectivity index (χ4v) is 1.32. The van der Waals surface area contributed by atoms with E-state index in [2.05, 4.69) is 19.2 Å². The fraction of sp³-hybridized carbons (Fsp3) is 0.200. The Labute approximate surface area is 103 Å². The summed E-state index contributed by atoms with van der Waals surface area (Å²) in [5.41, 5.74) is 0.567. The molecule has 0 amide bonds. The number of nitro groups is 1. The molecule has 0 fully saturated rings. The number of halogens is 1. The summed E-state index contributed by atoms with van der Waals surface area (Å²) < 4.78 is 5.26. The first kappa shape index (κ1) is 12.9. The monoisotopic (exact) mass is 259 g/mol. The number of nitrogens with zero attached hydrogens (tertiary/aromatic N) is 1. The first-order valence-corrected chi connectivity index (χ1v) is 5.40. The number of hydrogen-bond acceptors (Lipinski definition) is 4. The zero-order valence-corrected chi connectivity index (χ0v) is 10.0. The van der Waals surface area contributed by atoms with E-state index in [1.54, 1.807) is 0 Å². The van der Waals surface area contributed by atoms with Crippen LogP contribution in [0.1, 0.15) is 0 Å². The van der Waals surface area contributed by atoms with Crippen LogP contribution in [0.4, 0.5) is 5.69 Å². The van der Waals surface area contributed by atoms with Gasteiger partial charge in [0.05, 0.1) is 9.95 Å². The van der Waals surface area contributed by atoms with Crippen molar-refractivity contribution in [3.8, 4) is 5.75 Å². The Balaban J connectivity index is 2.93. The molecule has 0 saturated carbocycles. The minimum absolute atomic E-state index is 0.0668. The molecule has 0 N–H and O–H groups in total. The number of hydrogen-bond donors (Lipinski definition) is 1. The van der Waals surface area contributed by atoms with Crippen LogP contribution in [0.15, 0.2) is 30.4 Å². The third kappa shape index (κ3) is 3.15. The van der Waals surface area contributed by atoms with Crippen molar-refractivity contribution in [2.24, 2.45) is 0 Å². The van der Waals surface area contributed by atoms with Gasteiger partial charge in [-0.3, -0.25) is 10.1 Å². The van der Waals surface area contributed by atoms with Crippen LogP contribution < -0.4 is 4.74 Å². The Morgan fingerprint density at radius 1 is 1.62 bits per heavy atom. The molecule has 0 heterocycles. The summed E-state index contributed by atoms with van der Waals surface area (Å²) in [6, 6.07) is 4.37. The predicted octanol–water partition coefficient (Wildman–Crippen LogP) is 3.11. The Hall–Kier alpha value is -1.20. The van der Waals surface area contributed by atoms with Gasteiger partial charge >= 0.3 is 5.69 Å². The van der Waals surface area contributed by atoms with Gasteiger partial charge in [-0.15, -0.1) is 0 Å². The summed E-state index contributed by atoms with van der Waals surface area (Å²) in [5.74, 6) is 0.523. The molecule has 6 heteroatoms. The molecule has 0 aliphatic carbocycles. The van der Waals surface area contributed by atoms with Crippen LogP contribution in [0.25, 0.3) is 0 Å². The number of para-hydroxylation sites is 1. The van der Waals surface area contributed by atoms with Gasteiger partial charge in [-0.25, -0.2) is 0 Å². The van der Waals surface area contributed by atoms with E-state index >= 15 is 0 Å². The van der Waals surface area contributed by atoms with Crippen LogP contribution in [0, 0.1) is 10.1 Å². The summed E-state index contributed by atoms with van der Waals surface area (Å²) in [4.78, 5) is 10.2. The van der Waals surface area contributed by atoms with Gasteiger partial charge in [-0.1, -0.05) is 24.2 Å². The molecule has 1 aromatic carbocycles. The van der Waals surface area contributed by atoms with Crippen LogP contribution in [-0.2, 0) is 0 Å². The van der Waals surface area contributed by atoms with Crippen molar-refractivity contribution in [1.29, 1.82) is 0 Å². The average Bonchev–Trinajstić information content (AvgIpc) is 2.26. The zero-order valence-electron chi connectivity index (χ0n) is 8.35. The largest absolute Gasteiger partial charge is 0.481 e. The van der Waals surface area contributed by atoms with Gasteiger partial charge in [-0.05, 0) is 11.6 Å². The number of nitro benzene ring substituents is 1. The van der Waals surface area contributed by atoms with Crippen LogP contribution >= 0.6 is 24.2 Å². The SMILES string of the molecule is C=C(CS)COc1c(Cl)cccc1[N+](=O)[O-]. The standard InChI is InChI=1S/C10H10ClNO3S/c1-7(6-16)5-15-10-8(11)3-2-4-9(10)12(13)14/h2-4,16H,1,5-6H2. The van der Waals surface area contributed by atoms with E-state index in [0.717, 1.165) is 5.57 Å². The van der Waals surface area contributed by atoms with Crippen molar-refractivity contribution in [3.63, 3.8) is 0 Å². The maximum Gasteiger partial charge on any atom is 0.312 e. The molecule has 0 aliphatic heterocycles. The van der Waals surface area contributed by atoms with E-state index in [1.807, 2.05) is 0 Å². The van der Waals surface area contributed by atoms with Gasteiger partial charge < -0.3 is 4.74 Å². The summed E-state index contributed by atoms with van der Waals surface area (Å²) >= 11 is 9.83. The lowest BCUT2D eigenvalue weighted by molar-refractivity contribution is -0.385. The molecule has 0 saturated heterocycles. The van der Waals surface area contributed by atoms with E-state index < -0.39 is 4.92 Å². The first-order valence-electron chi connectivity index (χ1n) is 4.39. The molecular weight excluding hydrogens is 250 g/mol. The molecule has 16 heavy (non-hydrogen) atoms. The number of ether oxygens (including phenoxy) is 1. The Morgan fingerprint density at radius 2 is 2.31 bits per heavy atom. The molecule has 0 aromatic heterocycles. The van der Waals surface area contributed by atoms with Gasteiger partial charge in [0.1, 0.15) is 6.61 Å². The van der Waals surface area contributed by atoms with Gasteiger partial charge in [0, 0.05) is 11.8 Å². The summed E-state index contributed by atoms with van der Waals surface area (Å²) in [6.45, 7) is 3.84. The van der Waals surface area contributed by atoms with Crippen molar-refractivity contribution < 1.29 is 9.66 Å². The third-order valence-electron chi connectivity index (χ3n) is 1.79. The molecular formula is C10H10ClNO3S. The number of thiol groups is 1. The van der Waals surface area contributed by atoms with Crippen molar-refractivity contribution in [2.75, 3.05) is 12.4 Å². The average molecular weight is 260 g/mol. The smallest absolute Gasteiger partial charge is 0.312 e. The quantitative estimate of drug-likeness (QED) is 0.383. The molecule has 0 aliphatic rings. The van der Waals surface area contributed by atoms with Crippen LogP contribution in [0.2, 0.25) is 5.02 Å². The maximum absolute atomic E-state index is 10.7. The van der Waals surface area contributed by atoms with Crippen LogP contribution in [0.3, 0.4) is 0 Å². The van der Waals surface area contributed by atoms with E-state index in [1.165, 1.54) is 18.2 Å². The molecule has 86 valence electrons. The topological polar surface area (TPSA) is 52.4 Å². The van der Waals surface area contributed by atoms with Crippen molar-refractivity contribution in [3.05, 3.63) is 45.5 Å². The molecule has 1 rings (SSSR count). The van der Waals surface area contributed by atoms with E-state index in [4.69, 9.17) is 16.3 Å². The summed E-state index contributed by atoms with van der Waals surface area (Å²) in [6.07, 6.45) is 0. The molecule has 0 spiro atoms. The van der Waals surface area contributed by atoms with E-state index in [-0.39, 0.29) is 23.1 Å². The van der Waals surface area contributed by atoms with Gasteiger partial charge in [-0.2, -0.15) is 12.6 Å². The van der Waals surface area contributed by atoms with Gasteiger partial charge in [0.25, 0.3) is 0 Å². The Kier molecular flexibility index (Phi) is 4.64. The predicted molar refractivity (Wildman–Crippen MR) is 66.6 cm³/mol. The molecule has 4 nitrogen and oxygen atoms in total. The second-order valence-electron chi connectivity index (χ2n) is 3.04. The van der Waals surface area contributed by atoms with Crippen molar-refractivity contribution >= 4 is 29.9 Å². The molecule has 1 aromatic rings. The maximum atomic E-state index is 10.7. The first-order chi connectivity index (χ1) is 7.56. The summed E-state index contributed by atoms with van der Waals surface area (Å²) in [5, 5.41) is 10.9. The lowest BCUT2D eigenvalue weighted by Crippen LogP contribution is -2.04. The number of rotatable bonds is 5. The van der Waals surface area contributed by atoms with Crippen molar-refractivity contribution in [2.45, 2.75) is 0 Å². The minimum Gasteiger partial charge on any atom is -0.481 e. The lowest BCUT2D eigenvalue weighted by atomic mass is 10.3. The Morgan fingerprint density at radius 3 is 2.88 bits per heavy atom. The van der Waals surface area contributed by atoms with Crippen LogP contribution in [0.5, 0.6) is 5.75 Å². The van der Waals surface area contributed by atoms with Gasteiger partial charge in [0.2, 0.25) is 5.75 Å². The second kappa shape index (κ2) is 5.77. The second-order valence-corrected chi connectivity index (χ2v) is 3.77. The normalized spacial score (nSPS) is 9.88. The van der Waals surface area contributed by atoms with Crippen molar-refractivity contribution in [1.82, 2.24) is 0 Å². The Bertz CT molecular complexity index is 423. The highest BCUT2D eigenvalue weighted by molar-refractivity contribution is 7.80. The molecule has 0 radical (unpaired) electrons. The third-order valence-corrected chi connectivity index (χ3v) is 2.53. The highest BCUT2D eigenvalue weighted by atomic mass is 35.5. The molecule has 0 atom stereocenters.